The Labute approximate surface area is 169 Å². The summed E-state index contributed by atoms with van der Waals surface area (Å²) in [7, 11) is -3.81. The molecule has 0 fully saturated rings. The number of carbonyl (C=O) groups excluding carboxylic acids is 2. The number of ether oxygens (including phenoxy) is 1. The number of amides is 1. The minimum Gasteiger partial charge on any atom is -0.462 e. The molecule has 0 saturated carbocycles. The number of benzene rings is 2. The Balaban J connectivity index is 2.25. The summed E-state index contributed by atoms with van der Waals surface area (Å²) in [4.78, 5) is 24.5. The average Bonchev–Trinajstić information content (AvgIpc) is 2.66. The highest BCUT2D eigenvalue weighted by atomic mass is 32.2. The van der Waals surface area contributed by atoms with E-state index in [-0.39, 0.29) is 18.7 Å². The van der Waals surface area contributed by atoms with Crippen molar-refractivity contribution in [3.63, 3.8) is 0 Å². The molecule has 0 saturated heterocycles. The summed E-state index contributed by atoms with van der Waals surface area (Å²) in [6, 6.07) is 9.89. The Bertz CT molecular complexity index is 959. The summed E-state index contributed by atoms with van der Waals surface area (Å²) in [5.41, 5.74) is 0.920. The predicted octanol–water partition coefficient (Wildman–Crippen LogP) is 3.19. The zero-order valence-electron chi connectivity index (χ0n) is 16.4. The molecule has 0 aliphatic rings. The Kier molecular flexibility index (Phi) is 7.33. The normalized spacial score (nSPS) is 12.1. The van der Waals surface area contributed by atoms with Crippen LogP contribution >= 0.6 is 0 Å². The van der Waals surface area contributed by atoms with Crippen LogP contribution in [0.3, 0.4) is 0 Å². The molecule has 29 heavy (non-hydrogen) atoms. The Hall–Kier alpha value is -2.94. The molecule has 2 aromatic carbocycles. The van der Waals surface area contributed by atoms with E-state index in [1.54, 1.807) is 13.8 Å². The SMILES string of the molecule is CCOC(=O)c1ccc(NC(=O)[C@H](CC)N(c2ccc(F)cc2)S(C)(=O)=O)cc1. The lowest BCUT2D eigenvalue weighted by molar-refractivity contribution is -0.117. The van der Waals surface area contributed by atoms with Gasteiger partial charge in [-0.3, -0.25) is 9.10 Å². The predicted molar refractivity (Wildman–Crippen MR) is 109 cm³/mol. The fraction of sp³-hybridized carbons (Fsp3) is 0.300. The van der Waals surface area contributed by atoms with Gasteiger partial charge in [-0.15, -0.1) is 0 Å². The van der Waals surface area contributed by atoms with E-state index in [4.69, 9.17) is 4.74 Å². The smallest absolute Gasteiger partial charge is 0.338 e. The maximum atomic E-state index is 13.2. The monoisotopic (exact) mass is 422 g/mol. The average molecular weight is 422 g/mol. The van der Waals surface area contributed by atoms with E-state index >= 15 is 0 Å². The van der Waals surface area contributed by atoms with Gasteiger partial charge < -0.3 is 10.1 Å². The summed E-state index contributed by atoms with van der Waals surface area (Å²) >= 11 is 0. The number of esters is 1. The molecular weight excluding hydrogens is 399 g/mol. The molecule has 156 valence electrons. The van der Waals surface area contributed by atoms with Crippen molar-refractivity contribution in [2.24, 2.45) is 0 Å². The lowest BCUT2D eigenvalue weighted by Crippen LogP contribution is -2.47. The molecule has 0 heterocycles. The van der Waals surface area contributed by atoms with E-state index in [0.717, 1.165) is 22.7 Å². The first-order chi connectivity index (χ1) is 13.7. The van der Waals surface area contributed by atoms with Gasteiger partial charge in [0.25, 0.3) is 0 Å². The zero-order valence-corrected chi connectivity index (χ0v) is 17.2. The molecule has 9 heteroatoms. The third kappa shape index (κ3) is 5.77. The van der Waals surface area contributed by atoms with Crippen LogP contribution in [0.15, 0.2) is 48.5 Å². The third-order valence-electron chi connectivity index (χ3n) is 4.07. The van der Waals surface area contributed by atoms with Gasteiger partial charge >= 0.3 is 5.97 Å². The van der Waals surface area contributed by atoms with Crippen molar-refractivity contribution in [1.29, 1.82) is 0 Å². The maximum absolute atomic E-state index is 13.2. The van der Waals surface area contributed by atoms with Crippen molar-refractivity contribution >= 4 is 33.3 Å². The molecule has 2 rings (SSSR count). The van der Waals surface area contributed by atoms with Gasteiger partial charge in [-0.05, 0) is 61.9 Å². The van der Waals surface area contributed by atoms with Gasteiger partial charge in [-0.2, -0.15) is 0 Å². The summed E-state index contributed by atoms with van der Waals surface area (Å²) in [6.07, 6.45) is 1.18. The van der Waals surface area contributed by atoms with Gasteiger partial charge in [-0.1, -0.05) is 6.92 Å². The summed E-state index contributed by atoms with van der Waals surface area (Å²) in [5.74, 6) is -1.54. The van der Waals surface area contributed by atoms with Crippen molar-refractivity contribution in [1.82, 2.24) is 0 Å². The number of anilines is 2. The van der Waals surface area contributed by atoms with Crippen LogP contribution in [0.5, 0.6) is 0 Å². The molecular formula is C20H23FN2O5S. The lowest BCUT2D eigenvalue weighted by atomic mass is 10.1. The summed E-state index contributed by atoms with van der Waals surface area (Å²) in [6.45, 7) is 3.63. The molecule has 0 bridgehead atoms. The highest BCUT2D eigenvalue weighted by molar-refractivity contribution is 7.92. The van der Waals surface area contributed by atoms with E-state index in [9.17, 15) is 22.4 Å². The minimum absolute atomic E-state index is 0.188. The van der Waals surface area contributed by atoms with Crippen LogP contribution in [-0.4, -0.2) is 39.2 Å². The summed E-state index contributed by atoms with van der Waals surface area (Å²) < 4.78 is 43.8. The number of nitrogens with one attached hydrogen (secondary N) is 1. The lowest BCUT2D eigenvalue weighted by Gasteiger charge is -2.30. The number of hydrogen-bond donors (Lipinski definition) is 1. The van der Waals surface area contributed by atoms with Crippen LogP contribution < -0.4 is 9.62 Å². The number of sulfonamides is 1. The molecule has 0 aliphatic heterocycles. The quantitative estimate of drug-likeness (QED) is 0.660. The van der Waals surface area contributed by atoms with E-state index < -0.39 is 33.8 Å². The van der Waals surface area contributed by atoms with Crippen molar-refractivity contribution in [2.75, 3.05) is 22.5 Å². The first-order valence-electron chi connectivity index (χ1n) is 9.00. The van der Waals surface area contributed by atoms with Crippen molar-refractivity contribution in [3.8, 4) is 0 Å². The van der Waals surface area contributed by atoms with Crippen LogP contribution in [0.2, 0.25) is 0 Å². The van der Waals surface area contributed by atoms with Crippen LogP contribution in [0.4, 0.5) is 15.8 Å². The molecule has 1 N–H and O–H groups in total. The highest BCUT2D eigenvalue weighted by Crippen LogP contribution is 2.24. The van der Waals surface area contributed by atoms with Gasteiger partial charge in [0.05, 0.1) is 24.1 Å². The molecule has 7 nitrogen and oxygen atoms in total. The number of halogens is 1. The molecule has 0 unspecified atom stereocenters. The van der Waals surface area contributed by atoms with Crippen molar-refractivity contribution in [2.45, 2.75) is 26.3 Å². The van der Waals surface area contributed by atoms with Crippen LogP contribution in [0.25, 0.3) is 0 Å². The van der Waals surface area contributed by atoms with Gasteiger partial charge in [-0.25, -0.2) is 17.6 Å². The molecule has 0 aliphatic carbocycles. The largest absolute Gasteiger partial charge is 0.462 e. The Morgan fingerprint density at radius 2 is 1.66 bits per heavy atom. The molecule has 2 aromatic rings. The standard InChI is InChI=1S/C20H23FN2O5S/c1-4-18(23(29(3,26)27)17-12-8-15(21)9-13-17)19(24)22-16-10-6-14(7-11-16)20(25)28-5-2/h6-13,18H,4-5H2,1-3H3,(H,22,24)/t18-/m0/s1. The second kappa shape index (κ2) is 9.51. The van der Waals surface area contributed by atoms with E-state index in [1.807, 2.05) is 0 Å². The number of nitrogens with zero attached hydrogens (tertiary/aromatic N) is 1. The van der Waals surface area contributed by atoms with Crippen molar-refractivity contribution < 1.29 is 27.1 Å². The first-order valence-corrected chi connectivity index (χ1v) is 10.8. The van der Waals surface area contributed by atoms with Gasteiger partial charge in [0.15, 0.2) is 0 Å². The zero-order chi connectivity index (χ0) is 21.6. The van der Waals surface area contributed by atoms with E-state index in [0.29, 0.717) is 11.3 Å². The second-order valence-corrected chi connectivity index (χ2v) is 8.11. The summed E-state index contributed by atoms with van der Waals surface area (Å²) in [5, 5.41) is 2.65. The molecule has 1 amide bonds. The molecule has 1 atom stereocenters. The second-order valence-electron chi connectivity index (χ2n) is 6.25. The first kappa shape index (κ1) is 22.4. The van der Waals surface area contributed by atoms with E-state index in [2.05, 4.69) is 5.32 Å². The van der Waals surface area contributed by atoms with Crippen molar-refractivity contribution in [3.05, 3.63) is 59.9 Å². The minimum atomic E-state index is -3.81. The number of carbonyl (C=O) groups is 2. The maximum Gasteiger partial charge on any atom is 0.338 e. The Morgan fingerprint density at radius 1 is 1.07 bits per heavy atom. The van der Waals surface area contributed by atoms with Crippen LogP contribution in [0.1, 0.15) is 30.6 Å². The van der Waals surface area contributed by atoms with Crippen LogP contribution in [-0.2, 0) is 19.6 Å². The van der Waals surface area contributed by atoms with E-state index in [1.165, 1.54) is 36.4 Å². The topological polar surface area (TPSA) is 92.8 Å². The number of hydrogen-bond acceptors (Lipinski definition) is 5. The fourth-order valence-corrected chi connectivity index (χ4v) is 3.99. The highest BCUT2D eigenvalue weighted by Gasteiger charge is 2.31. The molecule has 0 spiro atoms. The number of rotatable bonds is 8. The Morgan fingerprint density at radius 3 is 2.14 bits per heavy atom. The van der Waals surface area contributed by atoms with Crippen LogP contribution in [0, 0.1) is 5.82 Å². The molecule has 0 radical (unpaired) electrons. The molecule has 0 aromatic heterocycles. The van der Waals surface area contributed by atoms with Gasteiger partial charge in [0, 0.05) is 5.69 Å². The van der Waals surface area contributed by atoms with Gasteiger partial charge in [0.1, 0.15) is 11.9 Å². The van der Waals surface area contributed by atoms with Gasteiger partial charge in [0.2, 0.25) is 15.9 Å². The fourth-order valence-electron chi connectivity index (χ4n) is 2.78. The third-order valence-corrected chi connectivity index (χ3v) is 5.25.